The van der Waals surface area contributed by atoms with Gasteiger partial charge in [0.15, 0.2) is 18.4 Å². The van der Waals surface area contributed by atoms with E-state index in [1.165, 1.54) is 12.0 Å². The van der Waals surface area contributed by atoms with Gasteiger partial charge in [0.1, 0.15) is 24.4 Å². The lowest BCUT2D eigenvalue weighted by atomic mass is 9.67. The van der Waals surface area contributed by atoms with Crippen LogP contribution in [0.1, 0.15) is 98.3 Å². The lowest BCUT2D eigenvalue weighted by Crippen LogP contribution is -2.59. The maximum absolute atomic E-state index is 14.8. The molecule has 7 aliphatic rings. The number of ether oxygens (including phenoxy) is 8. The van der Waals surface area contributed by atoms with Crippen LogP contribution in [0, 0.1) is 41.4 Å². The number of nitrogens with zero attached hydrogens (tertiary/aromatic N) is 1. The molecule has 0 aromatic rings. The summed E-state index contributed by atoms with van der Waals surface area (Å²) in [6.45, 7) is 8.36. The van der Waals surface area contributed by atoms with Crippen molar-refractivity contribution in [3.05, 3.63) is 23.3 Å². The lowest BCUT2D eigenvalue weighted by molar-refractivity contribution is -0.314. The van der Waals surface area contributed by atoms with E-state index in [0.29, 0.717) is 17.9 Å². The summed E-state index contributed by atoms with van der Waals surface area (Å²) in [5.74, 6) is 0.518. The predicted molar refractivity (Wildman–Crippen MR) is 206 cm³/mol. The first-order valence-corrected chi connectivity index (χ1v) is 21.4. The number of methoxy groups -OCH3 is 3. The molecule has 7 rings (SSSR count). The van der Waals surface area contributed by atoms with Crippen LogP contribution < -0.4 is 0 Å². The molecule has 17 atom stereocenters. The zero-order valence-corrected chi connectivity index (χ0v) is 34.9. The first-order valence-electron chi connectivity index (χ1n) is 21.4. The average Bonchev–Trinajstić information content (AvgIpc) is 3.70. The first-order chi connectivity index (χ1) is 26.4. The van der Waals surface area contributed by atoms with Gasteiger partial charge in [0.05, 0.1) is 30.8 Å². The van der Waals surface area contributed by atoms with Crippen molar-refractivity contribution in [2.24, 2.45) is 41.4 Å². The molecule has 310 valence electrons. The van der Waals surface area contributed by atoms with Crippen LogP contribution in [0.4, 0.5) is 0 Å². The molecule has 11 heteroatoms. The van der Waals surface area contributed by atoms with Gasteiger partial charge in [0.25, 0.3) is 0 Å². The fraction of sp³-hybridized carbons (Fsp3) is 0.864. The van der Waals surface area contributed by atoms with Gasteiger partial charge in [0.2, 0.25) is 0 Å². The normalized spacial score (nSPS) is 45.7. The van der Waals surface area contributed by atoms with Crippen molar-refractivity contribution in [3.8, 4) is 0 Å². The number of ketones is 1. The van der Waals surface area contributed by atoms with Gasteiger partial charge in [-0.15, -0.1) is 0 Å². The average molecular weight is 772 g/mol. The van der Waals surface area contributed by atoms with Gasteiger partial charge in [0, 0.05) is 39.2 Å². The van der Waals surface area contributed by atoms with Gasteiger partial charge in [-0.25, -0.2) is 0 Å². The number of allylic oxidation sites excluding steroid dienone is 4. The van der Waals surface area contributed by atoms with E-state index in [1.54, 1.807) is 21.3 Å². The van der Waals surface area contributed by atoms with Gasteiger partial charge in [-0.3, -0.25) is 9.59 Å². The molecular weight excluding hydrogens is 702 g/mol. The van der Waals surface area contributed by atoms with E-state index >= 15 is 0 Å². The SMILES string of the molecule is CO[C@@H]1[C@@H](OC)[C@H](C)O[C@@H](O[C@H]2C[C@H]3[C@@H]4C=C5C(=O)[C@H](C)[C@@H](O[C@H]6CC[C@H](N(C)C)[C@@H](C)O6)CCC[C@H](C6CCC6)OC(=O)C[C@H]5[C@@H]4C=C(C)[C@@H]3C2)[C@@H]1OC. The molecular formula is C44H69NO10. The molecule has 0 amide bonds. The molecule has 2 saturated carbocycles. The Morgan fingerprint density at radius 2 is 1.47 bits per heavy atom. The number of carbonyl (C=O) groups is 2. The molecule has 0 bridgehead atoms. The first kappa shape index (κ1) is 41.5. The Morgan fingerprint density at radius 3 is 2.13 bits per heavy atom. The summed E-state index contributed by atoms with van der Waals surface area (Å²) >= 11 is 0. The zero-order valence-electron chi connectivity index (χ0n) is 34.9. The molecule has 0 N–H and O–H groups in total. The number of hydrogen-bond acceptors (Lipinski definition) is 11. The molecule has 11 nitrogen and oxygen atoms in total. The molecule has 55 heavy (non-hydrogen) atoms. The van der Waals surface area contributed by atoms with E-state index in [4.69, 9.17) is 37.9 Å². The highest BCUT2D eigenvalue weighted by Crippen LogP contribution is 2.56. The van der Waals surface area contributed by atoms with E-state index in [2.05, 4.69) is 45.0 Å². The highest BCUT2D eigenvalue weighted by atomic mass is 16.7. The van der Waals surface area contributed by atoms with E-state index < -0.39 is 12.4 Å². The fourth-order valence-corrected chi connectivity index (χ4v) is 11.6. The number of esters is 1. The van der Waals surface area contributed by atoms with Crippen molar-refractivity contribution in [2.45, 2.75) is 166 Å². The number of likely N-dealkylation sites (N-methyl/N-ethyl adjacent to an activating group) is 1. The number of fused-ring (bicyclic) bond motifs is 5. The van der Waals surface area contributed by atoms with Crippen LogP contribution in [0.3, 0.4) is 0 Å². The minimum Gasteiger partial charge on any atom is -0.462 e. The number of hydrogen-bond donors (Lipinski definition) is 0. The standard InChI is InChI=1S/C44H69NO10/c1-23-18-30-32(31-20-28(19-29(23)31)53-44-43(50-9)42(49-8)41(48-7)26(4)52-44)21-34-33(30)22-38(46)54-37(27-12-10-13-27)15-11-14-36(24(2)40(34)47)55-39-17-16-35(45(5)6)25(3)51-39/h18,21,24-33,35-37,39,41-44H,10-17,19-20,22H2,1-9H3/t24-,25-,26+,28-,29+,30-,31-,32-,33+,35+,36+,37-,39+,41+,42-,43-,44+/m1/s1. The van der Waals surface area contributed by atoms with Crippen LogP contribution in [0.15, 0.2) is 23.3 Å². The van der Waals surface area contributed by atoms with Crippen molar-refractivity contribution in [2.75, 3.05) is 35.4 Å². The summed E-state index contributed by atoms with van der Waals surface area (Å²) in [6.07, 6.45) is 11.5. The van der Waals surface area contributed by atoms with Gasteiger partial charge in [-0.1, -0.05) is 31.1 Å². The van der Waals surface area contributed by atoms with Crippen LogP contribution >= 0.6 is 0 Å². The molecule has 0 unspecified atom stereocenters. The lowest BCUT2D eigenvalue weighted by Gasteiger charge is -2.44. The summed E-state index contributed by atoms with van der Waals surface area (Å²) in [4.78, 5) is 30.9. The van der Waals surface area contributed by atoms with Crippen molar-refractivity contribution in [3.63, 3.8) is 0 Å². The summed E-state index contributed by atoms with van der Waals surface area (Å²) in [6, 6.07) is 0.340. The Hall–Kier alpha value is -1.70. The summed E-state index contributed by atoms with van der Waals surface area (Å²) in [5, 5.41) is 0. The Morgan fingerprint density at radius 1 is 0.745 bits per heavy atom. The van der Waals surface area contributed by atoms with Crippen molar-refractivity contribution in [1.82, 2.24) is 4.90 Å². The fourth-order valence-electron chi connectivity index (χ4n) is 11.6. The molecule has 4 aliphatic carbocycles. The summed E-state index contributed by atoms with van der Waals surface area (Å²) in [5.41, 5.74) is 2.10. The van der Waals surface area contributed by atoms with Gasteiger partial charge in [-0.2, -0.15) is 0 Å². The molecule has 0 radical (unpaired) electrons. The topological polar surface area (TPSA) is 111 Å². The summed E-state index contributed by atoms with van der Waals surface area (Å²) in [7, 11) is 9.20. The minimum absolute atomic E-state index is 0.0396. The van der Waals surface area contributed by atoms with Crippen LogP contribution in [0.2, 0.25) is 0 Å². The number of carbonyl (C=O) groups excluding carboxylic acids is 2. The molecule has 3 heterocycles. The van der Waals surface area contributed by atoms with Gasteiger partial charge < -0.3 is 42.8 Å². The number of Topliss-reactive ketones (excluding diaryl/α,β-unsaturated/α-hetero) is 1. The second-order valence-electron chi connectivity index (χ2n) is 18.2. The molecule has 0 spiro atoms. The maximum atomic E-state index is 14.8. The van der Waals surface area contributed by atoms with Crippen LogP contribution in [-0.4, -0.2) is 120 Å². The molecule has 3 aliphatic heterocycles. The van der Waals surface area contributed by atoms with E-state index in [1.807, 2.05) is 13.8 Å². The minimum atomic E-state index is -0.596. The largest absolute Gasteiger partial charge is 0.462 e. The third-order valence-corrected chi connectivity index (χ3v) is 14.8. The smallest absolute Gasteiger partial charge is 0.306 e. The Balaban J connectivity index is 1.12. The van der Waals surface area contributed by atoms with E-state index in [9.17, 15) is 9.59 Å². The van der Waals surface area contributed by atoms with Crippen LogP contribution in [0.5, 0.6) is 0 Å². The number of cyclic esters (lactones) is 1. The number of rotatable bonds is 9. The van der Waals surface area contributed by atoms with E-state index in [-0.39, 0.29) is 96.8 Å². The molecule has 5 fully saturated rings. The van der Waals surface area contributed by atoms with E-state index in [0.717, 1.165) is 63.4 Å². The van der Waals surface area contributed by atoms with Gasteiger partial charge in [-0.05, 0) is 128 Å². The molecule has 0 aromatic carbocycles. The highest BCUT2D eigenvalue weighted by molar-refractivity contribution is 5.99. The van der Waals surface area contributed by atoms with Gasteiger partial charge >= 0.3 is 5.97 Å². The Bertz CT molecular complexity index is 1410. The van der Waals surface area contributed by atoms with Crippen LogP contribution in [-0.2, 0) is 47.5 Å². The zero-order chi connectivity index (χ0) is 39.1. The Kier molecular flexibility index (Phi) is 13.3. The Labute approximate surface area is 329 Å². The third kappa shape index (κ3) is 8.43. The van der Waals surface area contributed by atoms with Crippen LogP contribution in [0.25, 0.3) is 0 Å². The summed E-state index contributed by atoms with van der Waals surface area (Å²) < 4.78 is 50.2. The second-order valence-corrected chi connectivity index (χ2v) is 18.2. The maximum Gasteiger partial charge on any atom is 0.306 e. The second kappa shape index (κ2) is 17.7. The predicted octanol–water partition coefficient (Wildman–Crippen LogP) is 6.27. The highest BCUT2D eigenvalue weighted by Gasteiger charge is 2.54. The van der Waals surface area contributed by atoms with Crippen molar-refractivity contribution < 1.29 is 47.5 Å². The third-order valence-electron chi connectivity index (χ3n) is 14.8. The molecule has 3 saturated heterocycles. The monoisotopic (exact) mass is 771 g/mol. The molecule has 0 aromatic heterocycles. The van der Waals surface area contributed by atoms with Crippen molar-refractivity contribution in [1.29, 1.82) is 0 Å². The van der Waals surface area contributed by atoms with Crippen molar-refractivity contribution >= 4 is 11.8 Å². The quantitative estimate of drug-likeness (QED) is 0.196.